The molecule has 1 N–H and O–H groups in total. The number of aromatic nitrogens is 2. The molecule has 3 aliphatic rings. The molecular weight excluding hydrogens is 564 g/mol. The van der Waals surface area contributed by atoms with Crippen molar-refractivity contribution in [2.45, 2.75) is 69.7 Å². The van der Waals surface area contributed by atoms with E-state index in [1.807, 2.05) is 36.1 Å². The van der Waals surface area contributed by atoms with Gasteiger partial charge in [0.2, 0.25) is 10.0 Å². The maximum absolute atomic E-state index is 13.4. The monoisotopic (exact) mass is 604 g/mol. The number of ether oxygens (including phenoxy) is 1. The van der Waals surface area contributed by atoms with Gasteiger partial charge in [0.05, 0.1) is 18.5 Å². The van der Waals surface area contributed by atoms with E-state index in [0.29, 0.717) is 37.2 Å². The summed E-state index contributed by atoms with van der Waals surface area (Å²) in [7, 11) is -1.49. The quantitative estimate of drug-likeness (QED) is 0.486. The average Bonchev–Trinajstić information content (AvgIpc) is 3.45. The second-order valence-corrected chi connectivity index (χ2v) is 14.0. The summed E-state index contributed by atoms with van der Waals surface area (Å²) in [6, 6.07) is 8.29. The zero-order valence-electron chi connectivity index (χ0n) is 24.1. The predicted octanol–water partition coefficient (Wildman–Crippen LogP) is 3.73. The number of carbonyl (C=O) groups is 1. The van der Waals surface area contributed by atoms with Gasteiger partial charge < -0.3 is 19.9 Å². The lowest BCUT2D eigenvalue weighted by Gasteiger charge is -2.43. The Kier molecular flexibility index (Phi) is 9.50. The molecule has 0 aliphatic carbocycles. The van der Waals surface area contributed by atoms with E-state index in [0.717, 1.165) is 67.8 Å². The molecule has 1 aromatic heterocycles. The fourth-order valence-corrected chi connectivity index (χ4v) is 7.18. The van der Waals surface area contributed by atoms with Gasteiger partial charge in [-0.2, -0.15) is 0 Å². The number of sulfonamides is 1. The lowest BCUT2D eigenvalue weighted by molar-refractivity contribution is 0.0521. The molecule has 4 heterocycles. The Balaban J connectivity index is 1.10. The lowest BCUT2D eigenvalue weighted by Crippen LogP contribution is -2.52. The van der Waals surface area contributed by atoms with Crippen molar-refractivity contribution >= 4 is 33.3 Å². The molecule has 0 saturated carbocycles. The second-order valence-electron chi connectivity index (χ2n) is 11.5. The zero-order valence-corrected chi connectivity index (χ0v) is 25.7. The van der Waals surface area contributed by atoms with Gasteiger partial charge in [0.15, 0.2) is 0 Å². The first-order chi connectivity index (χ1) is 19.6. The highest BCUT2D eigenvalue weighted by molar-refractivity contribution is 7.88. The Morgan fingerprint density at radius 3 is 2.39 bits per heavy atom. The van der Waals surface area contributed by atoms with E-state index in [9.17, 15) is 13.2 Å². The van der Waals surface area contributed by atoms with Crippen LogP contribution in [0.3, 0.4) is 0 Å². The van der Waals surface area contributed by atoms with Crippen LogP contribution in [-0.2, 0) is 14.8 Å². The number of nitrogens with zero attached hydrogens (tertiary/aromatic N) is 5. The normalized spacial score (nSPS) is 23.3. The summed E-state index contributed by atoms with van der Waals surface area (Å²) < 4.78 is 31.6. The summed E-state index contributed by atoms with van der Waals surface area (Å²) in [5.74, 6) is 0.610. The summed E-state index contributed by atoms with van der Waals surface area (Å²) in [6.45, 7) is 5.63. The van der Waals surface area contributed by atoms with Crippen LogP contribution in [0.2, 0.25) is 5.02 Å². The summed E-state index contributed by atoms with van der Waals surface area (Å²) in [4.78, 5) is 26.6. The molecule has 0 spiro atoms. The molecule has 3 fully saturated rings. The van der Waals surface area contributed by atoms with Gasteiger partial charge in [-0.1, -0.05) is 23.7 Å². The van der Waals surface area contributed by atoms with Gasteiger partial charge in [-0.3, -0.25) is 4.79 Å². The minimum atomic E-state index is -3.17. The van der Waals surface area contributed by atoms with Crippen molar-refractivity contribution in [3.05, 3.63) is 52.4 Å². The highest BCUT2D eigenvalue weighted by Crippen LogP contribution is 2.33. The molecule has 10 nitrogen and oxygen atoms in total. The number of hydrogen-bond acceptors (Lipinski definition) is 8. The SMILES string of the molecule is Cc1c(NCC2CC[C@H](c3ccc(Cl)cc3)O2)ncnc1C(=O)N1CCC(N2CCC(N(C)S(C)(=O)=O)CC2)CC1. The Morgan fingerprint density at radius 2 is 1.73 bits per heavy atom. The number of benzene rings is 1. The van der Waals surface area contributed by atoms with Crippen LogP contribution in [0.5, 0.6) is 0 Å². The van der Waals surface area contributed by atoms with Crippen molar-refractivity contribution in [3.63, 3.8) is 0 Å². The number of hydrogen-bond donors (Lipinski definition) is 1. The maximum Gasteiger partial charge on any atom is 0.272 e. The Bertz CT molecular complexity index is 1310. The number of piperidine rings is 2. The molecule has 0 radical (unpaired) electrons. The van der Waals surface area contributed by atoms with Crippen LogP contribution < -0.4 is 5.32 Å². The summed E-state index contributed by atoms with van der Waals surface area (Å²) in [5.41, 5.74) is 2.33. The molecule has 0 bridgehead atoms. The Labute approximate surface area is 248 Å². The van der Waals surface area contributed by atoms with Crippen LogP contribution in [-0.4, -0.2) is 103 Å². The maximum atomic E-state index is 13.4. The van der Waals surface area contributed by atoms with Crippen molar-refractivity contribution in [1.82, 2.24) is 24.1 Å². The number of likely N-dealkylation sites (tertiary alicyclic amines) is 2. The number of anilines is 1. The van der Waals surface area contributed by atoms with Crippen molar-refractivity contribution in [2.75, 3.05) is 51.3 Å². The highest BCUT2D eigenvalue weighted by Gasteiger charge is 2.33. The predicted molar refractivity (Wildman–Crippen MR) is 160 cm³/mol. The highest BCUT2D eigenvalue weighted by atomic mass is 35.5. The van der Waals surface area contributed by atoms with Crippen LogP contribution >= 0.6 is 11.6 Å². The van der Waals surface area contributed by atoms with E-state index in [1.165, 1.54) is 16.9 Å². The van der Waals surface area contributed by atoms with E-state index in [4.69, 9.17) is 16.3 Å². The molecule has 41 heavy (non-hydrogen) atoms. The van der Waals surface area contributed by atoms with Gasteiger partial charge in [0, 0.05) is 49.4 Å². The van der Waals surface area contributed by atoms with Crippen molar-refractivity contribution in [2.24, 2.45) is 0 Å². The molecule has 1 unspecified atom stereocenters. The number of halogens is 1. The Hall–Kier alpha value is -2.31. The van der Waals surface area contributed by atoms with Crippen molar-refractivity contribution < 1.29 is 17.9 Å². The second kappa shape index (κ2) is 12.9. The largest absolute Gasteiger partial charge is 0.368 e. The fraction of sp³-hybridized carbons (Fsp3) is 0.621. The molecule has 1 aromatic carbocycles. The molecule has 5 rings (SSSR count). The van der Waals surface area contributed by atoms with Crippen LogP contribution in [0.4, 0.5) is 5.82 Å². The molecule has 3 aliphatic heterocycles. The first-order valence-electron chi connectivity index (χ1n) is 14.5. The lowest BCUT2D eigenvalue weighted by atomic mass is 9.97. The van der Waals surface area contributed by atoms with Gasteiger partial charge in [-0.25, -0.2) is 22.7 Å². The molecule has 1 amide bonds. The first-order valence-corrected chi connectivity index (χ1v) is 16.8. The third-order valence-corrected chi connectivity index (χ3v) is 10.5. The molecule has 12 heteroatoms. The fourth-order valence-electron chi connectivity index (χ4n) is 6.30. The van der Waals surface area contributed by atoms with Gasteiger partial charge in [0.1, 0.15) is 17.8 Å². The van der Waals surface area contributed by atoms with Crippen LogP contribution in [0.1, 0.15) is 66.2 Å². The third-order valence-electron chi connectivity index (χ3n) is 8.94. The van der Waals surface area contributed by atoms with Gasteiger partial charge in [-0.05, 0) is 76.2 Å². The van der Waals surface area contributed by atoms with Crippen LogP contribution in [0.15, 0.2) is 30.6 Å². The summed E-state index contributed by atoms with van der Waals surface area (Å²) >= 11 is 6.02. The minimum Gasteiger partial charge on any atom is -0.368 e. The van der Waals surface area contributed by atoms with Crippen molar-refractivity contribution in [3.8, 4) is 0 Å². The third kappa shape index (κ3) is 7.19. The van der Waals surface area contributed by atoms with E-state index in [-0.39, 0.29) is 24.2 Å². The van der Waals surface area contributed by atoms with E-state index in [1.54, 1.807) is 7.05 Å². The average molecular weight is 605 g/mol. The van der Waals surface area contributed by atoms with Crippen molar-refractivity contribution in [1.29, 1.82) is 0 Å². The molecule has 3 saturated heterocycles. The molecule has 2 atom stereocenters. The molecule has 224 valence electrons. The van der Waals surface area contributed by atoms with E-state index < -0.39 is 10.0 Å². The molecule has 2 aromatic rings. The Morgan fingerprint density at radius 1 is 1.05 bits per heavy atom. The number of rotatable bonds is 8. The van der Waals surface area contributed by atoms with Gasteiger partial charge in [0.25, 0.3) is 5.91 Å². The smallest absolute Gasteiger partial charge is 0.272 e. The first kappa shape index (κ1) is 30.2. The van der Waals surface area contributed by atoms with Crippen LogP contribution in [0.25, 0.3) is 0 Å². The summed E-state index contributed by atoms with van der Waals surface area (Å²) in [5, 5.41) is 4.11. The number of carbonyl (C=O) groups excluding carboxylic acids is 1. The topological polar surface area (TPSA) is 108 Å². The van der Waals surface area contributed by atoms with Gasteiger partial charge in [-0.15, -0.1) is 0 Å². The number of nitrogens with one attached hydrogen (secondary N) is 1. The van der Waals surface area contributed by atoms with Gasteiger partial charge >= 0.3 is 0 Å². The minimum absolute atomic E-state index is 0.0556. The number of amides is 1. The van der Waals surface area contributed by atoms with E-state index in [2.05, 4.69) is 20.2 Å². The van der Waals surface area contributed by atoms with Crippen LogP contribution in [0, 0.1) is 6.92 Å². The van der Waals surface area contributed by atoms with E-state index >= 15 is 0 Å². The summed E-state index contributed by atoms with van der Waals surface area (Å²) in [6.07, 6.45) is 8.22. The zero-order chi connectivity index (χ0) is 29.1. The standard InChI is InChI=1S/C29H41ClN6O4S/c1-20-27(32-19-33-28(20)31-18-25-8-9-26(40-25)21-4-6-22(30)7-5-21)29(37)36-16-12-24(13-17-36)35-14-10-23(11-15-35)34(2)41(3,38)39/h4-7,19,23-26H,8-18H2,1-3H3,(H,31,32,33)/t25?,26-/m1/s1. The molecular formula is C29H41ClN6O4S.